The molecule has 4 heterocycles. The molecule has 0 radical (unpaired) electrons. The van der Waals surface area contributed by atoms with Crippen LogP contribution in [0, 0.1) is 13.8 Å². The molecule has 0 unspecified atom stereocenters. The van der Waals surface area contributed by atoms with E-state index in [1.807, 2.05) is 80.6 Å². The number of hydrogen-bond donors (Lipinski definition) is 6. The highest BCUT2D eigenvalue weighted by atomic mass is 35.5. The Morgan fingerprint density at radius 2 is 1.02 bits per heavy atom. The Morgan fingerprint density at radius 3 is 1.44 bits per heavy atom. The number of nitrogens with one attached hydrogen (secondary N) is 5. The van der Waals surface area contributed by atoms with Crippen molar-refractivity contribution < 1.29 is 32.9 Å². The van der Waals surface area contributed by atoms with Crippen LogP contribution < -0.4 is 52.4 Å². The lowest BCUT2D eigenvalue weighted by molar-refractivity contribution is -0.112. The number of amides is 1. The van der Waals surface area contributed by atoms with E-state index in [1.54, 1.807) is 32.7 Å². The molecule has 8 rings (SSSR count). The zero-order valence-electron chi connectivity index (χ0n) is 48.7. The molecule has 2 fully saturated rings. The number of piperazine rings is 2. The standard InChI is InChI=1S/C29H37ClN7O3P.C26H35ClN7O2P.C3H3ClO.CH4.FH/c1-6-27(38)32-24-18-23(20(2)17-25(24)40-16-15-37-13-11-36(3)12-14-37)34-29-31-19-21(30)28(35-29)33-22-9-7-8-10-26(22)41(4,5)39;1-18-15-23(36-14-13-34-11-9-33(2)10-12-34)20(28)16-22(18)31-26-29-17-19(27)25(32-26)30-21-7-5-6-8-24(21)37(3,4)35;1-2-3(4)5;;/h6-10,17-19H,1,11-16H2,2-5H3,(H,32,38)(H2,31,33,34,35);5-8,15-17H,9-14,28H2,1-4H3,(H2,29,30,31,32);2H,1H2;1H4;1H. The van der Waals surface area contributed by atoms with Gasteiger partial charge < -0.3 is 60.7 Å². The Kier molecular flexibility index (Phi) is 27.8. The molecule has 85 heavy (non-hydrogen) atoms. The molecule has 460 valence electrons. The first-order valence-corrected chi connectivity index (χ1v) is 33.0. The van der Waals surface area contributed by atoms with Gasteiger partial charge in [0.1, 0.15) is 49.0 Å². The third-order valence-electron chi connectivity index (χ3n) is 13.3. The predicted octanol–water partition coefficient (Wildman–Crippen LogP) is 11.0. The van der Waals surface area contributed by atoms with E-state index in [4.69, 9.17) is 50.0 Å². The summed E-state index contributed by atoms with van der Waals surface area (Å²) in [7, 11) is -0.777. The Morgan fingerprint density at radius 1 is 0.624 bits per heavy atom. The van der Waals surface area contributed by atoms with Crippen LogP contribution in [0.15, 0.2) is 111 Å². The summed E-state index contributed by atoms with van der Waals surface area (Å²) in [4.78, 5) is 48.8. The number of nitrogen functional groups attached to an aromatic ring is 1. The van der Waals surface area contributed by atoms with Crippen molar-refractivity contribution in [2.45, 2.75) is 21.3 Å². The first-order valence-electron chi connectivity index (χ1n) is 26.7. The van der Waals surface area contributed by atoms with Crippen molar-refractivity contribution in [3.8, 4) is 11.5 Å². The highest BCUT2D eigenvalue weighted by Crippen LogP contribution is 2.41. The molecule has 1 amide bonds. The summed E-state index contributed by atoms with van der Waals surface area (Å²) >= 11 is 17.5. The van der Waals surface area contributed by atoms with Gasteiger partial charge in [-0.15, -0.1) is 0 Å². The summed E-state index contributed by atoms with van der Waals surface area (Å²) in [5.74, 6) is 2.31. The van der Waals surface area contributed by atoms with Crippen molar-refractivity contribution in [1.82, 2.24) is 39.5 Å². The van der Waals surface area contributed by atoms with Crippen molar-refractivity contribution in [2.75, 3.05) is 152 Å². The Hall–Kier alpha value is -6.64. The second-order valence-corrected chi connectivity index (χ2v) is 28.1. The highest BCUT2D eigenvalue weighted by Gasteiger charge is 2.21. The van der Waals surface area contributed by atoms with E-state index in [1.165, 1.54) is 18.5 Å². The lowest BCUT2D eigenvalue weighted by Crippen LogP contribution is -2.45. The topological polar surface area (TPSA) is 237 Å². The average Bonchev–Trinajstić information content (AvgIpc) is 3.48. The predicted molar refractivity (Wildman–Crippen MR) is 353 cm³/mol. The number of anilines is 10. The SMILES string of the molecule is C.C=CC(=O)Cl.C=CC(=O)Nc1cc(Nc2ncc(Cl)c(Nc3ccccc3P(C)(C)=O)n2)c(C)cc1OCCN1CCN(C)CC1.Cc1cc(OCCN2CCN(C)CC2)c(N)cc1Nc1ncc(Cl)c(Nc2ccccc2P(C)(C)=O)n1.F. The first kappa shape index (κ1) is 70.8. The van der Waals surface area contributed by atoms with Gasteiger partial charge in [-0.3, -0.25) is 24.1 Å². The normalized spacial score (nSPS) is 13.8. The van der Waals surface area contributed by atoms with Crippen molar-refractivity contribution in [2.24, 2.45) is 0 Å². The van der Waals surface area contributed by atoms with Gasteiger partial charge in [-0.25, -0.2) is 9.97 Å². The maximum atomic E-state index is 12.8. The third-order valence-corrected chi connectivity index (χ3v) is 17.1. The Labute approximate surface area is 514 Å². The quantitative estimate of drug-likeness (QED) is 0.0170. The molecule has 0 bridgehead atoms. The molecule has 6 aromatic rings. The molecule has 20 nitrogen and oxygen atoms in total. The smallest absolute Gasteiger partial charge is 0.247 e. The molecule has 4 aromatic carbocycles. The molecule has 2 aliphatic heterocycles. The molecule has 0 saturated carbocycles. The zero-order chi connectivity index (χ0) is 60.4. The van der Waals surface area contributed by atoms with Gasteiger partial charge in [0, 0.05) is 87.4 Å². The molecule has 7 N–H and O–H groups in total. The van der Waals surface area contributed by atoms with Gasteiger partial charge in [0.15, 0.2) is 11.6 Å². The average molecular weight is 1270 g/mol. The largest absolute Gasteiger partial charge is 0.490 e. The summed E-state index contributed by atoms with van der Waals surface area (Å²) in [6, 6.07) is 22.2. The van der Waals surface area contributed by atoms with Crippen LogP contribution in [-0.2, 0) is 18.7 Å². The maximum absolute atomic E-state index is 12.8. The third kappa shape index (κ3) is 22.0. The minimum absolute atomic E-state index is 0. The maximum Gasteiger partial charge on any atom is 0.247 e. The zero-order valence-corrected chi connectivity index (χ0v) is 52.7. The molecule has 2 aromatic heterocycles. The Balaban J connectivity index is 0.000000331. The van der Waals surface area contributed by atoms with Crippen molar-refractivity contribution in [3.05, 3.63) is 132 Å². The van der Waals surface area contributed by atoms with Crippen molar-refractivity contribution in [1.29, 1.82) is 0 Å². The number of rotatable bonds is 21. The van der Waals surface area contributed by atoms with Crippen LogP contribution in [0.1, 0.15) is 18.6 Å². The summed E-state index contributed by atoms with van der Waals surface area (Å²) in [5, 5.41) is 17.3. The lowest BCUT2D eigenvalue weighted by atomic mass is 10.1. The molecule has 2 saturated heterocycles. The minimum atomic E-state index is -2.55. The number of aryl methyl sites for hydroxylation is 2. The summed E-state index contributed by atoms with van der Waals surface area (Å²) in [6.45, 7) is 28.5. The van der Waals surface area contributed by atoms with Crippen LogP contribution in [0.4, 0.5) is 62.4 Å². The molecule has 0 aliphatic carbocycles. The number of nitrogens with two attached hydrogens (primary N) is 1. The van der Waals surface area contributed by atoms with E-state index in [0.29, 0.717) is 92.0 Å². The van der Waals surface area contributed by atoms with Gasteiger partial charge in [-0.05, 0) is 138 Å². The van der Waals surface area contributed by atoms with E-state index in [9.17, 15) is 18.7 Å². The summed E-state index contributed by atoms with van der Waals surface area (Å²) in [6.07, 6.45) is 5.27. The number of benzene rings is 4. The molecule has 0 spiro atoms. The fourth-order valence-electron chi connectivity index (χ4n) is 8.51. The number of nitrogens with zero attached hydrogens (tertiary/aromatic N) is 8. The Bertz CT molecular complexity index is 3340. The number of likely N-dealkylation sites (N-methyl/N-ethyl adjacent to an activating group) is 2. The number of allylic oxidation sites excluding steroid dienone is 1. The number of halogens is 4. The fourth-order valence-corrected chi connectivity index (χ4v) is 11.1. The monoisotopic (exact) mass is 1270 g/mol. The number of aromatic nitrogens is 4. The van der Waals surface area contributed by atoms with E-state index in [2.05, 4.69) is 93.4 Å². The lowest BCUT2D eigenvalue weighted by Gasteiger charge is -2.32. The summed E-state index contributed by atoms with van der Waals surface area (Å²) in [5.41, 5.74) is 12.0. The molecular formula is C59H80Cl3FN14O6P2. The van der Waals surface area contributed by atoms with Crippen LogP contribution in [-0.4, -0.2) is 170 Å². The molecule has 2 aliphatic rings. The second kappa shape index (κ2) is 33.3. The minimum Gasteiger partial charge on any atom is -0.490 e. The van der Waals surface area contributed by atoms with E-state index >= 15 is 0 Å². The molecule has 0 atom stereocenters. The van der Waals surface area contributed by atoms with Crippen molar-refractivity contribution >= 4 is 129 Å². The summed E-state index contributed by atoms with van der Waals surface area (Å²) < 4.78 is 37.7. The van der Waals surface area contributed by atoms with Crippen LogP contribution in [0.2, 0.25) is 10.0 Å². The number of ether oxygens (including phenoxy) is 2. The number of para-hydroxylation sites is 2. The fraction of sp³-hybridized carbons (Fsp3) is 0.356. The number of carbonyl (C=O) groups excluding carboxylic acids is 2. The highest BCUT2D eigenvalue weighted by molar-refractivity contribution is 7.70. The van der Waals surface area contributed by atoms with Crippen molar-refractivity contribution in [3.63, 3.8) is 0 Å². The van der Waals surface area contributed by atoms with Crippen LogP contribution >= 0.6 is 49.1 Å². The van der Waals surface area contributed by atoms with Gasteiger partial charge >= 0.3 is 0 Å². The molecule has 26 heteroatoms. The van der Waals surface area contributed by atoms with Crippen LogP contribution in [0.3, 0.4) is 0 Å². The first-order chi connectivity index (χ1) is 39.4. The van der Waals surface area contributed by atoms with Gasteiger partial charge in [-0.2, -0.15) is 9.97 Å². The van der Waals surface area contributed by atoms with E-state index in [0.717, 1.165) is 93.6 Å². The van der Waals surface area contributed by atoms with Gasteiger partial charge in [-0.1, -0.05) is 68.1 Å². The van der Waals surface area contributed by atoms with Gasteiger partial charge in [0.05, 0.1) is 35.1 Å². The van der Waals surface area contributed by atoms with E-state index < -0.39 is 19.5 Å². The molecular weight excluding hydrogens is 1190 g/mol. The van der Waals surface area contributed by atoms with Gasteiger partial charge in [0.2, 0.25) is 23.0 Å². The number of carbonyl (C=O) groups is 2. The van der Waals surface area contributed by atoms with Gasteiger partial charge in [0.25, 0.3) is 0 Å². The van der Waals surface area contributed by atoms with E-state index in [-0.39, 0.29) is 18.0 Å². The van der Waals surface area contributed by atoms with Crippen LogP contribution in [0.25, 0.3) is 0 Å². The van der Waals surface area contributed by atoms with Crippen LogP contribution in [0.5, 0.6) is 11.5 Å². The second-order valence-electron chi connectivity index (χ2n) is 20.6. The number of hydrogen-bond acceptors (Lipinski definition) is 19.